The molecule has 0 aliphatic heterocycles. The lowest BCUT2D eigenvalue weighted by Crippen LogP contribution is -2.05. The standard InChI is InChI=1S/C14H11ClO5S/c1-20-12-8-11(16)10(7-13(12)21(15,18)19)14(17)9-5-3-2-4-6-9/h2-8,16H,1H3. The third kappa shape index (κ3) is 3.17. The fraction of sp³-hybridized carbons (Fsp3) is 0.0714. The molecule has 0 aliphatic carbocycles. The topological polar surface area (TPSA) is 80.7 Å². The Morgan fingerprint density at radius 1 is 1.19 bits per heavy atom. The summed E-state index contributed by atoms with van der Waals surface area (Å²) in [7, 11) is 2.44. The van der Waals surface area contributed by atoms with Crippen LogP contribution in [0.2, 0.25) is 0 Å². The van der Waals surface area contributed by atoms with Crippen molar-refractivity contribution >= 4 is 25.5 Å². The van der Waals surface area contributed by atoms with Crippen LogP contribution in [-0.4, -0.2) is 26.4 Å². The van der Waals surface area contributed by atoms with E-state index in [2.05, 4.69) is 0 Å². The van der Waals surface area contributed by atoms with Gasteiger partial charge in [-0.25, -0.2) is 8.42 Å². The summed E-state index contributed by atoms with van der Waals surface area (Å²) in [6.45, 7) is 0. The third-order valence-electron chi connectivity index (χ3n) is 2.83. The summed E-state index contributed by atoms with van der Waals surface area (Å²) < 4.78 is 27.9. The Hall–Kier alpha value is -2.05. The molecule has 5 nitrogen and oxygen atoms in total. The number of phenolic OH excluding ortho intramolecular Hbond substituents is 1. The van der Waals surface area contributed by atoms with Crippen molar-refractivity contribution in [2.75, 3.05) is 7.11 Å². The van der Waals surface area contributed by atoms with Crippen LogP contribution in [0.3, 0.4) is 0 Å². The molecule has 0 radical (unpaired) electrons. The van der Waals surface area contributed by atoms with Crippen molar-refractivity contribution < 1.29 is 23.1 Å². The molecule has 1 N–H and O–H groups in total. The molecule has 0 aromatic heterocycles. The van der Waals surface area contributed by atoms with Gasteiger partial charge in [0.1, 0.15) is 16.4 Å². The molecule has 0 amide bonds. The maximum atomic E-state index is 12.3. The highest BCUT2D eigenvalue weighted by atomic mass is 35.7. The number of carbonyl (C=O) groups is 1. The van der Waals surface area contributed by atoms with E-state index in [9.17, 15) is 18.3 Å². The highest BCUT2D eigenvalue weighted by Gasteiger charge is 2.23. The molecule has 0 fully saturated rings. The summed E-state index contributed by atoms with van der Waals surface area (Å²) in [4.78, 5) is 11.9. The quantitative estimate of drug-likeness (QED) is 0.690. The molecule has 0 spiro atoms. The Bertz CT molecular complexity index is 785. The van der Waals surface area contributed by atoms with E-state index in [1.165, 1.54) is 7.11 Å². The molecule has 0 aliphatic rings. The molecule has 0 unspecified atom stereocenters. The zero-order chi connectivity index (χ0) is 15.6. The molecule has 2 aromatic rings. The first-order valence-corrected chi connectivity index (χ1v) is 8.11. The molecule has 110 valence electrons. The number of benzene rings is 2. The Morgan fingerprint density at radius 3 is 2.33 bits per heavy atom. The predicted molar refractivity (Wildman–Crippen MR) is 77.6 cm³/mol. The molecular weight excluding hydrogens is 316 g/mol. The number of ketones is 1. The highest BCUT2D eigenvalue weighted by molar-refractivity contribution is 8.13. The summed E-state index contributed by atoms with van der Waals surface area (Å²) in [5.74, 6) is -1.03. The minimum atomic E-state index is -4.12. The maximum Gasteiger partial charge on any atom is 0.265 e. The fourth-order valence-corrected chi connectivity index (χ4v) is 2.83. The van der Waals surface area contributed by atoms with Gasteiger partial charge in [0, 0.05) is 22.3 Å². The third-order valence-corrected chi connectivity index (χ3v) is 4.17. The van der Waals surface area contributed by atoms with Crippen LogP contribution in [0.15, 0.2) is 47.4 Å². The molecule has 7 heteroatoms. The van der Waals surface area contributed by atoms with E-state index in [-0.39, 0.29) is 22.0 Å². The lowest BCUT2D eigenvalue weighted by molar-refractivity contribution is 0.103. The van der Waals surface area contributed by atoms with Gasteiger partial charge in [0.15, 0.2) is 5.78 Å². The molecule has 21 heavy (non-hydrogen) atoms. The second-order valence-corrected chi connectivity index (χ2v) is 6.69. The van der Waals surface area contributed by atoms with E-state index in [0.29, 0.717) is 5.56 Å². The van der Waals surface area contributed by atoms with Gasteiger partial charge in [-0.2, -0.15) is 0 Å². The molecular formula is C14H11ClO5S. The van der Waals surface area contributed by atoms with Crippen molar-refractivity contribution in [1.82, 2.24) is 0 Å². The van der Waals surface area contributed by atoms with Crippen LogP contribution in [0.5, 0.6) is 11.5 Å². The van der Waals surface area contributed by atoms with Gasteiger partial charge in [-0.3, -0.25) is 4.79 Å². The van der Waals surface area contributed by atoms with E-state index >= 15 is 0 Å². The van der Waals surface area contributed by atoms with Gasteiger partial charge in [0.2, 0.25) is 0 Å². The van der Waals surface area contributed by atoms with Crippen molar-refractivity contribution in [3.8, 4) is 11.5 Å². The van der Waals surface area contributed by atoms with Crippen LogP contribution >= 0.6 is 10.7 Å². The number of methoxy groups -OCH3 is 1. The first-order valence-electron chi connectivity index (χ1n) is 5.80. The number of hydrogen-bond acceptors (Lipinski definition) is 5. The Morgan fingerprint density at radius 2 is 1.81 bits per heavy atom. The van der Waals surface area contributed by atoms with Crippen LogP contribution in [-0.2, 0) is 9.05 Å². The summed E-state index contributed by atoms with van der Waals surface area (Å²) >= 11 is 0. The van der Waals surface area contributed by atoms with Crippen LogP contribution in [0, 0.1) is 0 Å². The number of aromatic hydroxyl groups is 1. The lowest BCUT2D eigenvalue weighted by Gasteiger charge is -2.10. The van der Waals surface area contributed by atoms with E-state index in [1.807, 2.05) is 0 Å². The van der Waals surface area contributed by atoms with Gasteiger partial charge >= 0.3 is 0 Å². The highest BCUT2D eigenvalue weighted by Crippen LogP contribution is 2.34. The number of halogens is 1. The van der Waals surface area contributed by atoms with E-state index < -0.39 is 14.8 Å². The largest absolute Gasteiger partial charge is 0.507 e. The zero-order valence-electron chi connectivity index (χ0n) is 10.9. The molecule has 2 rings (SSSR count). The van der Waals surface area contributed by atoms with E-state index in [4.69, 9.17) is 15.4 Å². The van der Waals surface area contributed by atoms with Gasteiger partial charge in [-0.1, -0.05) is 30.3 Å². The van der Waals surface area contributed by atoms with Gasteiger partial charge in [0.25, 0.3) is 9.05 Å². The van der Waals surface area contributed by atoms with Gasteiger partial charge in [0.05, 0.1) is 12.7 Å². The smallest absolute Gasteiger partial charge is 0.265 e. The van der Waals surface area contributed by atoms with Crippen molar-refractivity contribution in [1.29, 1.82) is 0 Å². The van der Waals surface area contributed by atoms with Crippen molar-refractivity contribution in [2.24, 2.45) is 0 Å². The SMILES string of the molecule is COc1cc(O)c(C(=O)c2ccccc2)cc1S(=O)(=O)Cl. The first-order chi connectivity index (χ1) is 9.84. The Balaban J connectivity index is 2.63. The van der Waals surface area contributed by atoms with Crippen LogP contribution < -0.4 is 4.74 Å². The van der Waals surface area contributed by atoms with Crippen LogP contribution in [0.1, 0.15) is 15.9 Å². The van der Waals surface area contributed by atoms with Crippen molar-refractivity contribution in [3.63, 3.8) is 0 Å². The molecule has 0 saturated heterocycles. The van der Waals surface area contributed by atoms with Crippen molar-refractivity contribution in [3.05, 3.63) is 53.6 Å². The van der Waals surface area contributed by atoms with E-state index in [1.54, 1.807) is 30.3 Å². The molecule has 0 atom stereocenters. The second-order valence-electron chi connectivity index (χ2n) is 4.15. The Kier molecular flexibility index (Phi) is 4.20. The van der Waals surface area contributed by atoms with Gasteiger partial charge < -0.3 is 9.84 Å². The van der Waals surface area contributed by atoms with Gasteiger partial charge in [-0.05, 0) is 6.07 Å². The monoisotopic (exact) mass is 326 g/mol. The van der Waals surface area contributed by atoms with Gasteiger partial charge in [-0.15, -0.1) is 0 Å². The first kappa shape index (κ1) is 15.3. The second kappa shape index (κ2) is 5.75. The van der Waals surface area contributed by atoms with Crippen LogP contribution in [0.4, 0.5) is 0 Å². The number of rotatable bonds is 4. The number of ether oxygens (including phenoxy) is 1. The average molecular weight is 327 g/mol. The molecule has 0 saturated carbocycles. The molecule has 0 heterocycles. The maximum absolute atomic E-state index is 12.3. The number of hydrogen-bond donors (Lipinski definition) is 1. The summed E-state index contributed by atoms with van der Waals surface area (Å²) in [5, 5.41) is 9.91. The number of carbonyl (C=O) groups excluding carboxylic acids is 1. The van der Waals surface area contributed by atoms with E-state index in [0.717, 1.165) is 12.1 Å². The fourth-order valence-electron chi connectivity index (χ4n) is 1.83. The molecule has 0 bridgehead atoms. The summed E-state index contributed by atoms with van der Waals surface area (Å²) in [5.41, 5.74) is 0.150. The minimum absolute atomic E-state index is 0.132. The summed E-state index contributed by atoms with van der Waals surface area (Å²) in [6.07, 6.45) is 0. The Labute approximate surface area is 126 Å². The van der Waals surface area contributed by atoms with Crippen molar-refractivity contribution in [2.45, 2.75) is 4.90 Å². The minimum Gasteiger partial charge on any atom is -0.507 e. The van der Waals surface area contributed by atoms with Crippen LogP contribution in [0.25, 0.3) is 0 Å². The average Bonchev–Trinajstić information content (AvgIpc) is 2.45. The molecule has 2 aromatic carbocycles. The zero-order valence-corrected chi connectivity index (χ0v) is 12.5. The lowest BCUT2D eigenvalue weighted by atomic mass is 10.0. The predicted octanol–water partition coefficient (Wildman–Crippen LogP) is 2.56. The summed E-state index contributed by atoms with van der Waals surface area (Å²) in [6, 6.07) is 10.2. The normalized spacial score (nSPS) is 11.1. The number of phenols is 1.